The molecule has 2 aromatic carbocycles. The highest BCUT2D eigenvalue weighted by molar-refractivity contribution is 6.07. The van der Waals surface area contributed by atoms with E-state index in [9.17, 15) is 9.18 Å². The number of nitrogens with one attached hydrogen (secondary N) is 1. The topological polar surface area (TPSA) is 64.6 Å². The molecule has 0 radical (unpaired) electrons. The van der Waals surface area contributed by atoms with E-state index in [0.29, 0.717) is 12.2 Å². The smallest absolute Gasteiger partial charge is 0.272 e. The van der Waals surface area contributed by atoms with E-state index in [1.165, 1.54) is 12.1 Å². The number of nitrogens with zero attached hydrogens (tertiary/aromatic N) is 5. The van der Waals surface area contributed by atoms with Crippen LogP contribution in [0.4, 0.5) is 15.9 Å². The summed E-state index contributed by atoms with van der Waals surface area (Å²) < 4.78 is 13.2. The van der Waals surface area contributed by atoms with Gasteiger partial charge in [-0.15, -0.1) is 10.2 Å². The number of anilines is 2. The van der Waals surface area contributed by atoms with Crippen molar-refractivity contribution in [2.24, 2.45) is 0 Å². The van der Waals surface area contributed by atoms with Crippen molar-refractivity contribution in [2.75, 3.05) is 63.2 Å². The van der Waals surface area contributed by atoms with Crippen LogP contribution in [0, 0.1) is 5.82 Å². The SMILES string of the molecule is CN(C)CCNC(=O)c1nnc(N2CCN(c3ccc(F)cc3)CC2)c2ccccc12. The summed E-state index contributed by atoms with van der Waals surface area (Å²) in [5, 5.41) is 13.4. The maximum atomic E-state index is 13.2. The number of aromatic nitrogens is 2. The van der Waals surface area contributed by atoms with Gasteiger partial charge < -0.3 is 20.0 Å². The van der Waals surface area contributed by atoms with Gasteiger partial charge in [0.2, 0.25) is 0 Å². The molecule has 0 atom stereocenters. The number of amides is 1. The van der Waals surface area contributed by atoms with Gasteiger partial charge in [-0.3, -0.25) is 4.79 Å². The van der Waals surface area contributed by atoms with Crippen molar-refractivity contribution in [3.05, 3.63) is 60.0 Å². The first kappa shape index (κ1) is 21.0. The van der Waals surface area contributed by atoms with Gasteiger partial charge >= 0.3 is 0 Å². The lowest BCUT2D eigenvalue weighted by Crippen LogP contribution is -2.47. The Kier molecular flexibility index (Phi) is 6.27. The predicted octanol–water partition coefficient (Wildman–Crippen LogP) is 2.39. The lowest BCUT2D eigenvalue weighted by atomic mass is 10.1. The standard InChI is InChI=1S/C23H27FN6O/c1-28(2)12-11-25-23(31)21-19-5-3-4-6-20(19)22(27-26-21)30-15-13-29(14-16-30)18-9-7-17(24)8-10-18/h3-10H,11-16H2,1-2H3,(H,25,31). The third kappa shape index (κ3) is 4.74. The second-order valence-electron chi connectivity index (χ2n) is 7.93. The number of benzene rings is 2. The van der Waals surface area contributed by atoms with Crippen LogP contribution in [0.25, 0.3) is 10.8 Å². The number of fused-ring (bicyclic) bond motifs is 1. The third-order valence-electron chi connectivity index (χ3n) is 5.50. The van der Waals surface area contributed by atoms with Crippen LogP contribution >= 0.6 is 0 Å². The average molecular weight is 423 g/mol. The molecule has 1 aliphatic heterocycles. The van der Waals surface area contributed by atoms with Crippen molar-refractivity contribution >= 4 is 28.2 Å². The fourth-order valence-electron chi connectivity index (χ4n) is 3.80. The average Bonchev–Trinajstić information content (AvgIpc) is 2.79. The van der Waals surface area contributed by atoms with E-state index >= 15 is 0 Å². The largest absolute Gasteiger partial charge is 0.368 e. The van der Waals surface area contributed by atoms with Gasteiger partial charge in [0.1, 0.15) is 5.82 Å². The Morgan fingerprint density at radius 2 is 1.61 bits per heavy atom. The zero-order valence-electron chi connectivity index (χ0n) is 17.9. The molecule has 0 saturated carbocycles. The first-order chi connectivity index (χ1) is 15.0. The molecule has 2 heterocycles. The second kappa shape index (κ2) is 9.26. The lowest BCUT2D eigenvalue weighted by molar-refractivity contribution is 0.0947. The predicted molar refractivity (Wildman–Crippen MR) is 121 cm³/mol. The van der Waals surface area contributed by atoms with Gasteiger partial charge in [-0.25, -0.2) is 4.39 Å². The Morgan fingerprint density at radius 3 is 2.29 bits per heavy atom. The lowest BCUT2D eigenvalue weighted by Gasteiger charge is -2.37. The van der Waals surface area contributed by atoms with Gasteiger partial charge in [0, 0.05) is 55.7 Å². The molecule has 4 rings (SSSR count). The van der Waals surface area contributed by atoms with Crippen molar-refractivity contribution in [1.29, 1.82) is 0 Å². The van der Waals surface area contributed by atoms with Crippen molar-refractivity contribution in [3.63, 3.8) is 0 Å². The zero-order valence-corrected chi connectivity index (χ0v) is 17.9. The first-order valence-electron chi connectivity index (χ1n) is 10.5. The van der Waals surface area contributed by atoms with Gasteiger partial charge in [0.05, 0.1) is 0 Å². The maximum Gasteiger partial charge on any atom is 0.272 e. The van der Waals surface area contributed by atoms with Gasteiger partial charge in [-0.2, -0.15) is 0 Å². The van der Waals surface area contributed by atoms with Crippen LogP contribution in [-0.4, -0.2) is 74.4 Å². The van der Waals surface area contributed by atoms with Gasteiger partial charge in [-0.1, -0.05) is 24.3 Å². The van der Waals surface area contributed by atoms with Crippen LogP contribution in [0.5, 0.6) is 0 Å². The normalized spacial score (nSPS) is 14.3. The molecule has 0 aliphatic carbocycles. The van der Waals surface area contributed by atoms with E-state index in [1.54, 1.807) is 0 Å². The minimum absolute atomic E-state index is 0.210. The molecule has 0 bridgehead atoms. The number of hydrogen-bond acceptors (Lipinski definition) is 6. The minimum Gasteiger partial charge on any atom is -0.368 e. The zero-order chi connectivity index (χ0) is 21.8. The van der Waals surface area contributed by atoms with E-state index in [2.05, 4.69) is 25.3 Å². The molecule has 0 spiro atoms. The molecule has 0 unspecified atom stereocenters. The van der Waals surface area contributed by atoms with E-state index < -0.39 is 0 Å². The number of carbonyl (C=O) groups is 1. The molecule has 1 fully saturated rings. The van der Waals surface area contributed by atoms with Crippen molar-refractivity contribution in [1.82, 2.24) is 20.4 Å². The minimum atomic E-state index is -0.227. The van der Waals surface area contributed by atoms with E-state index in [-0.39, 0.29) is 11.7 Å². The van der Waals surface area contributed by atoms with Crippen molar-refractivity contribution < 1.29 is 9.18 Å². The molecule has 8 heteroatoms. The number of likely N-dealkylation sites (N-methyl/N-ethyl adjacent to an activating group) is 1. The molecular weight excluding hydrogens is 395 g/mol. The first-order valence-corrected chi connectivity index (χ1v) is 10.5. The summed E-state index contributed by atoms with van der Waals surface area (Å²) >= 11 is 0. The van der Waals surface area contributed by atoms with Crippen molar-refractivity contribution in [2.45, 2.75) is 0 Å². The Labute approximate surface area is 181 Å². The van der Waals surface area contributed by atoms with Gasteiger partial charge in [0.25, 0.3) is 5.91 Å². The third-order valence-corrected chi connectivity index (χ3v) is 5.50. The highest BCUT2D eigenvalue weighted by Crippen LogP contribution is 2.27. The highest BCUT2D eigenvalue weighted by atomic mass is 19.1. The molecule has 7 nitrogen and oxygen atoms in total. The molecule has 162 valence electrons. The number of halogens is 1. The number of hydrogen-bond donors (Lipinski definition) is 1. The second-order valence-corrected chi connectivity index (χ2v) is 7.93. The summed E-state index contributed by atoms with van der Waals surface area (Å²) in [5.74, 6) is 0.354. The Morgan fingerprint density at radius 1 is 0.968 bits per heavy atom. The number of carbonyl (C=O) groups excluding carboxylic acids is 1. The summed E-state index contributed by atoms with van der Waals surface area (Å²) in [6.07, 6.45) is 0. The number of rotatable bonds is 6. The van der Waals surface area contributed by atoms with Crippen LogP contribution in [0.15, 0.2) is 48.5 Å². The molecule has 1 N–H and O–H groups in total. The number of piperazine rings is 1. The Bertz CT molecular complexity index is 1050. The van der Waals surface area contributed by atoms with E-state index in [1.807, 2.05) is 55.4 Å². The van der Waals surface area contributed by atoms with Crippen LogP contribution in [0.2, 0.25) is 0 Å². The molecule has 1 aliphatic rings. The summed E-state index contributed by atoms with van der Waals surface area (Å²) in [7, 11) is 3.93. The highest BCUT2D eigenvalue weighted by Gasteiger charge is 2.22. The van der Waals surface area contributed by atoms with Crippen molar-refractivity contribution in [3.8, 4) is 0 Å². The molecule has 3 aromatic rings. The van der Waals surface area contributed by atoms with Crippen LogP contribution < -0.4 is 15.1 Å². The fraction of sp³-hybridized carbons (Fsp3) is 0.348. The Hall–Kier alpha value is -3.26. The monoisotopic (exact) mass is 422 g/mol. The van der Waals surface area contributed by atoms with Gasteiger partial charge in [0.15, 0.2) is 11.5 Å². The maximum absolute atomic E-state index is 13.2. The molecular formula is C23H27FN6O. The molecule has 1 amide bonds. The summed E-state index contributed by atoms with van der Waals surface area (Å²) in [6, 6.07) is 14.4. The summed E-state index contributed by atoms with van der Waals surface area (Å²) in [4.78, 5) is 19.1. The fourth-order valence-corrected chi connectivity index (χ4v) is 3.80. The van der Waals surface area contributed by atoms with Gasteiger partial charge in [-0.05, 0) is 38.4 Å². The van der Waals surface area contributed by atoms with E-state index in [0.717, 1.165) is 55.0 Å². The Balaban J connectivity index is 1.51. The molecule has 1 aromatic heterocycles. The van der Waals surface area contributed by atoms with Crippen LogP contribution in [0.3, 0.4) is 0 Å². The van der Waals surface area contributed by atoms with E-state index in [4.69, 9.17) is 0 Å². The molecule has 31 heavy (non-hydrogen) atoms. The summed E-state index contributed by atoms with van der Waals surface area (Å²) in [6.45, 7) is 4.44. The van der Waals surface area contributed by atoms with Crippen LogP contribution in [0.1, 0.15) is 10.5 Å². The summed E-state index contributed by atoms with van der Waals surface area (Å²) in [5.41, 5.74) is 1.37. The quantitative estimate of drug-likeness (QED) is 0.658. The molecule has 1 saturated heterocycles. The van der Waals surface area contributed by atoms with Crippen LogP contribution in [-0.2, 0) is 0 Å².